The molecule has 0 bridgehead atoms. The predicted octanol–water partition coefficient (Wildman–Crippen LogP) is 6.69. The molecule has 124 valence electrons. The number of halogens is 2. The number of fused-ring (bicyclic) bond motifs is 1. The Morgan fingerprint density at radius 2 is 1.33 bits per heavy atom. The summed E-state index contributed by atoms with van der Waals surface area (Å²) in [6.45, 7) is 4.20. The van der Waals surface area contributed by atoms with E-state index in [4.69, 9.17) is 0 Å². The van der Waals surface area contributed by atoms with E-state index in [0.717, 1.165) is 36.6 Å². The van der Waals surface area contributed by atoms with Crippen molar-refractivity contribution in [1.29, 1.82) is 0 Å². The summed E-state index contributed by atoms with van der Waals surface area (Å²) in [5, 5.41) is 1.10. The van der Waals surface area contributed by atoms with E-state index in [1.807, 2.05) is 36.4 Å². The van der Waals surface area contributed by atoms with Crippen LogP contribution in [0.25, 0.3) is 21.9 Å². The summed E-state index contributed by atoms with van der Waals surface area (Å²) < 4.78 is 29.2. The minimum Gasteiger partial charge on any atom is -0.203 e. The fraction of sp³-hybridized carbons (Fsp3) is 0.273. The van der Waals surface area contributed by atoms with Crippen LogP contribution >= 0.6 is 0 Å². The second kappa shape index (κ2) is 7.12. The summed E-state index contributed by atoms with van der Waals surface area (Å²) in [7, 11) is 0. The largest absolute Gasteiger partial charge is 0.203 e. The molecule has 0 aliphatic carbocycles. The van der Waals surface area contributed by atoms with Crippen LogP contribution in [0.4, 0.5) is 8.78 Å². The van der Waals surface area contributed by atoms with Gasteiger partial charge in [0.2, 0.25) is 0 Å². The first-order valence-corrected chi connectivity index (χ1v) is 8.64. The lowest BCUT2D eigenvalue weighted by Crippen LogP contribution is -1.94. The van der Waals surface area contributed by atoms with Crippen molar-refractivity contribution in [3.8, 4) is 11.1 Å². The summed E-state index contributed by atoms with van der Waals surface area (Å²) in [5.41, 5.74) is 3.30. The molecule has 0 saturated carbocycles. The Morgan fingerprint density at radius 3 is 2.00 bits per heavy atom. The Balaban J connectivity index is 2.08. The lowest BCUT2D eigenvalue weighted by Gasteiger charge is -2.10. The highest BCUT2D eigenvalue weighted by Crippen LogP contribution is 2.31. The molecule has 3 aromatic carbocycles. The first-order valence-electron chi connectivity index (χ1n) is 8.64. The van der Waals surface area contributed by atoms with Crippen LogP contribution in [0.15, 0.2) is 48.5 Å². The molecule has 0 amide bonds. The van der Waals surface area contributed by atoms with Crippen LogP contribution in [0.3, 0.4) is 0 Å². The quantitative estimate of drug-likeness (QED) is 0.490. The Morgan fingerprint density at radius 1 is 0.708 bits per heavy atom. The van der Waals surface area contributed by atoms with Gasteiger partial charge < -0.3 is 0 Å². The highest BCUT2D eigenvalue weighted by atomic mass is 19.2. The van der Waals surface area contributed by atoms with Crippen LogP contribution in [-0.4, -0.2) is 0 Å². The van der Waals surface area contributed by atoms with Crippen LogP contribution in [0.1, 0.15) is 37.8 Å². The maximum Gasteiger partial charge on any atom is 0.167 e. The minimum absolute atomic E-state index is 0.325. The second-order valence-electron chi connectivity index (χ2n) is 6.30. The van der Waals surface area contributed by atoms with Crippen LogP contribution in [-0.2, 0) is 12.8 Å². The maximum atomic E-state index is 14.6. The molecular weight excluding hydrogens is 302 g/mol. The summed E-state index contributed by atoms with van der Waals surface area (Å²) in [6, 6.07) is 15.1. The summed E-state index contributed by atoms with van der Waals surface area (Å²) in [4.78, 5) is 0. The third-order valence-corrected chi connectivity index (χ3v) is 4.43. The molecular formula is C22H22F2. The Hall–Kier alpha value is -2.22. The van der Waals surface area contributed by atoms with Crippen molar-refractivity contribution >= 4 is 10.8 Å². The molecule has 3 rings (SSSR count). The molecule has 0 N–H and O–H groups in total. The van der Waals surface area contributed by atoms with Crippen molar-refractivity contribution in [2.45, 2.75) is 39.5 Å². The zero-order chi connectivity index (χ0) is 17.1. The van der Waals surface area contributed by atoms with Crippen LogP contribution < -0.4 is 0 Å². The van der Waals surface area contributed by atoms with E-state index in [0.29, 0.717) is 16.5 Å². The van der Waals surface area contributed by atoms with E-state index in [2.05, 4.69) is 13.8 Å². The molecule has 3 aromatic rings. The number of benzene rings is 3. The van der Waals surface area contributed by atoms with Crippen molar-refractivity contribution in [2.75, 3.05) is 0 Å². The molecule has 0 aromatic heterocycles. The number of hydrogen-bond donors (Lipinski definition) is 0. The Bertz CT molecular complexity index is 848. The first kappa shape index (κ1) is 16.6. The molecule has 0 saturated heterocycles. The van der Waals surface area contributed by atoms with Crippen molar-refractivity contribution in [2.24, 2.45) is 0 Å². The zero-order valence-corrected chi connectivity index (χ0v) is 14.2. The van der Waals surface area contributed by atoms with E-state index in [-0.39, 0.29) is 0 Å². The minimum atomic E-state index is -0.764. The summed E-state index contributed by atoms with van der Waals surface area (Å²) in [5.74, 6) is -1.52. The molecule has 0 unspecified atom stereocenters. The number of aryl methyl sites for hydroxylation is 2. The lowest BCUT2D eigenvalue weighted by molar-refractivity contribution is 0.519. The van der Waals surface area contributed by atoms with Crippen molar-refractivity contribution in [3.05, 3.63) is 71.3 Å². The molecule has 0 fully saturated rings. The average molecular weight is 324 g/mol. The fourth-order valence-corrected chi connectivity index (χ4v) is 3.17. The third-order valence-electron chi connectivity index (χ3n) is 4.43. The van der Waals surface area contributed by atoms with Gasteiger partial charge in [-0.2, -0.15) is 0 Å². The van der Waals surface area contributed by atoms with Crippen molar-refractivity contribution in [1.82, 2.24) is 0 Å². The molecule has 0 aliphatic rings. The van der Waals surface area contributed by atoms with Gasteiger partial charge in [-0.15, -0.1) is 0 Å². The topological polar surface area (TPSA) is 0 Å². The predicted molar refractivity (Wildman–Crippen MR) is 97.3 cm³/mol. The van der Waals surface area contributed by atoms with Gasteiger partial charge in [0.15, 0.2) is 11.6 Å². The number of hydrogen-bond acceptors (Lipinski definition) is 0. The molecule has 2 heteroatoms. The van der Waals surface area contributed by atoms with E-state index in [9.17, 15) is 8.78 Å². The second-order valence-corrected chi connectivity index (χ2v) is 6.30. The van der Waals surface area contributed by atoms with Crippen LogP contribution in [0.5, 0.6) is 0 Å². The monoisotopic (exact) mass is 324 g/mol. The van der Waals surface area contributed by atoms with Crippen LogP contribution in [0.2, 0.25) is 0 Å². The average Bonchev–Trinajstić information content (AvgIpc) is 2.60. The van der Waals surface area contributed by atoms with Gasteiger partial charge in [-0.3, -0.25) is 0 Å². The number of rotatable bonds is 5. The summed E-state index contributed by atoms with van der Waals surface area (Å²) in [6.07, 6.45) is 3.92. The van der Waals surface area contributed by atoms with Crippen LogP contribution in [0, 0.1) is 11.6 Å². The van der Waals surface area contributed by atoms with Crippen molar-refractivity contribution in [3.63, 3.8) is 0 Å². The van der Waals surface area contributed by atoms with Gasteiger partial charge in [0.25, 0.3) is 0 Å². The van der Waals surface area contributed by atoms with E-state index < -0.39 is 11.6 Å². The normalized spacial score (nSPS) is 11.2. The van der Waals surface area contributed by atoms with Gasteiger partial charge in [-0.1, -0.05) is 63.1 Å². The lowest BCUT2D eigenvalue weighted by atomic mass is 9.96. The molecule has 0 heterocycles. The fourth-order valence-electron chi connectivity index (χ4n) is 3.17. The van der Waals surface area contributed by atoms with Gasteiger partial charge in [-0.25, -0.2) is 8.78 Å². The molecule has 0 aliphatic heterocycles. The van der Waals surface area contributed by atoms with E-state index in [1.165, 1.54) is 5.56 Å². The van der Waals surface area contributed by atoms with Gasteiger partial charge >= 0.3 is 0 Å². The standard InChI is InChI=1S/C22H22F2/c1-3-5-15-7-10-17(11-8-15)20-14-18-12-9-16(6-4-2)13-19(18)21(23)22(20)24/h7-14H,3-6H2,1-2H3. The first-order chi connectivity index (χ1) is 11.6. The smallest absolute Gasteiger partial charge is 0.167 e. The maximum absolute atomic E-state index is 14.6. The van der Waals surface area contributed by atoms with Gasteiger partial charge in [-0.05, 0) is 47.1 Å². The van der Waals surface area contributed by atoms with Gasteiger partial charge in [0, 0.05) is 10.9 Å². The molecule has 0 radical (unpaired) electrons. The highest BCUT2D eigenvalue weighted by molar-refractivity contribution is 5.88. The SMILES string of the molecule is CCCc1ccc(-c2cc3ccc(CCC)cc3c(F)c2F)cc1. The van der Waals surface area contributed by atoms with E-state index in [1.54, 1.807) is 12.1 Å². The Kier molecular flexibility index (Phi) is 4.94. The molecule has 0 atom stereocenters. The third kappa shape index (κ3) is 3.19. The van der Waals surface area contributed by atoms with E-state index >= 15 is 0 Å². The zero-order valence-electron chi connectivity index (χ0n) is 14.2. The Labute approximate surface area is 142 Å². The van der Waals surface area contributed by atoms with Gasteiger partial charge in [0.1, 0.15) is 0 Å². The molecule has 0 spiro atoms. The van der Waals surface area contributed by atoms with Crippen molar-refractivity contribution < 1.29 is 8.78 Å². The van der Waals surface area contributed by atoms with Gasteiger partial charge in [0.05, 0.1) is 0 Å². The summed E-state index contributed by atoms with van der Waals surface area (Å²) >= 11 is 0. The molecule has 24 heavy (non-hydrogen) atoms. The molecule has 0 nitrogen and oxygen atoms in total. The highest BCUT2D eigenvalue weighted by Gasteiger charge is 2.15.